The molecule has 3 rings (SSSR count). The van der Waals surface area contributed by atoms with Gasteiger partial charge in [0.2, 0.25) is 0 Å². The lowest BCUT2D eigenvalue weighted by Crippen LogP contribution is -2.34. The van der Waals surface area contributed by atoms with Crippen LogP contribution < -0.4 is 14.2 Å². The van der Waals surface area contributed by atoms with Crippen LogP contribution in [-0.4, -0.2) is 53.9 Å². The minimum atomic E-state index is -0.0998. The topological polar surface area (TPSA) is 73.8 Å². The molecule has 1 aromatic heterocycles. The fourth-order valence-corrected chi connectivity index (χ4v) is 3.84. The highest BCUT2D eigenvalue weighted by molar-refractivity contribution is 7.99. The number of ether oxygens (including phenoxy) is 3. The molecule has 0 bridgehead atoms. The highest BCUT2D eigenvalue weighted by Crippen LogP contribution is 2.40. The van der Waals surface area contributed by atoms with Crippen LogP contribution >= 0.6 is 11.8 Å². The van der Waals surface area contributed by atoms with E-state index in [1.54, 1.807) is 49.3 Å². The first-order valence-corrected chi connectivity index (χ1v) is 8.80. The first kappa shape index (κ1) is 17.3. The number of hydrogen-bond donors (Lipinski definition) is 0. The summed E-state index contributed by atoms with van der Waals surface area (Å²) in [6, 6.07) is 7.60. The van der Waals surface area contributed by atoms with Crippen molar-refractivity contribution in [2.45, 2.75) is 5.37 Å². The number of methoxy groups -OCH3 is 2. The van der Waals surface area contributed by atoms with E-state index in [1.807, 2.05) is 18.2 Å². The van der Waals surface area contributed by atoms with Gasteiger partial charge in [0.05, 0.1) is 14.2 Å². The molecule has 1 fully saturated rings. The Kier molecular flexibility index (Phi) is 5.60. The van der Waals surface area contributed by atoms with Gasteiger partial charge in [0.15, 0.2) is 18.1 Å². The molecule has 132 valence electrons. The molecule has 1 unspecified atom stereocenters. The van der Waals surface area contributed by atoms with Crippen LogP contribution in [-0.2, 0) is 4.79 Å². The number of amides is 1. The van der Waals surface area contributed by atoms with Crippen molar-refractivity contribution in [3.63, 3.8) is 0 Å². The number of hydrogen-bond acceptors (Lipinski definition) is 7. The predicted molar refractivity (Wildman–Crippen MR) is 94.0 cm³/mol. The molecule has 0 saturated carbocycles. The van der Waals surface area contributed by atoms with Crippen LogP contribution in [0.5, 0.6) is 17.5 Å². The zero-order valence-electron chi connectivity index (χ0n) is 14.0. The molecular weight excluding hydrogens is 342 g/mol. The Morgan fingerprint density at radius 3 is 2.72 bits per heavy atom. The van der Waals surface area contributed by atoms with E-state index in [0.29, 0.717) is 18.0 Å². The molecule has 1 atom stereocenters. The van der Waals surface area contributed by atoms with Crippen molar-refractivity contribution < 1.29 is 19.0 Å². The molecule has 1 aliphatic rings. The number of carbonyl (C=O) groups excluding carboxylic acids is 1. The van der Waals surface area contributed by atoms with Gasteiger partial charge in [-0.15, -0.1) is 11.8 Å². The number of nitrogens with zero attached hydrogens (tertiary/aromatic N) is 3. The van der Waals surface area contributed by atoms with Gasteiger partial charge in [0.1, 0.15) is 5.37 Å². The molecule has 1 aliphatic heterocycles. The number of carbonyl (C=O) groups is 1. The van der Waals surface area contributed by atoms with Crippen LogP contribution in [0, 0.1) is 0 Å². The van der Waals surface area contributed by atoms with Gasteiger partial charge in [0.25, 0.3) is 5.91 Å². The Bertz CT molecular complexity index is 729. The van der Waals surface area contributed by atoms with Gasteiger partial charge >= 0.3 is 6.01 Å². The average molecular weight is 361 g/mol. The summed E-state index contributed by atoms with van der Waals surface area (Å²) in [5.74, 6) is 2.08. The van der Waals surface area contributed by atoms with Crippen molar-refractivity contribution in [2.75, 3.05) is 33.1 Å². The van der Waals surface area contributed by atoms with Crippen molar-refractivity contribution in [1.29, 1.82) is 0 Å². The highest BCUT2D eigenvalue weighted by Gasteiger charge is 2.31. The summed E-state index contributed by atoms with van der Waals surface area (Å²) in [6.45, 7) is 0.579. The van der Waals surface area contributed by atoms with Crippen molar-refractivity contribution in [1.82, 2.24) is 14.9 Å². The number of aromatic nitrogens is 2. The summed E-state index contributed by atoms with van der Waals surface area (Å²) in [4.78, 5) is 22.3. The summed E-state index contributed by atoms with van der Waals surface area (Å²) < 4.78 is 16.0. The van der Waals surface area contributed by atoms with Gasteiger partial charge in [-0.1, -0.05) is 6.07 Å². The second kappa shape index (κ2) is 8.06. The second-order valence-electron chi connectivity index (χ2n) is 5.24. The van der Waals surface area contributed by atoms with E-state index in [-0.39, 0.29) is 23.9 Å². The fourth-order valence-electron chi connectivity index (χ4n) is 2.58. The third-order valence-corrected chi connectivity index (χ3v) is 5.03. The lowest BCUT2D eigenvalue weighted by molar-refractivity contribution is -0.133. The summed E-state index contributed by atoms with van der Waals surface area (Å²) in [6.07, 6.45) is 3.15. The van der Waals surface area contributed by atoms with Gasteiger partial charge < -0.3 is 19.1 Å². The molecule has 1 saturated heterocycles. The summed E-state index contributed by atoms with van der Waals surface area (Å²) in [7, 11) is 3.20. The molecule has 2 heterocycles. The Hall–Kier alpha value is -2.48. The zero-order chi connectivity index (χ0) is 17.6. The first-order chi connectivity index (χ1) is 12.2. The third kappa shape index (κ3) is 3.96. The van der Waals surface area contributed by atoms with Crippen molar-refractivity contribution >= 4 is 17.7 Å². The first-order valence-electron chi connectivity index (χ1n) is 7.75. The zero-order valence-corrected chi connectivity index (χ0v) is 14.9. The second-order valence-corrected chi connectivity index (χ2v) is 6.43. The Labute approximate surface area is 150 Å². The van der Waals surface area contributed by atoms with E-state index in [0.717, 1.165) is 11.3 Å². The largest absolute Gasteiger partial charge is 0.493 e. The smallest absolute Gasteiger partial charge is 0.316 e. The predicted octanol–water partition coefficient (Wildman–Crippen LogP) is 2.15. The van der Waals surface area contributed by atoms with Crippen LogP contribution in [0.3, 0.4) is 0 Å². The molecule has 2 aromatic rings. The minimum absolute atomic E-state index is 0.0763. The average Bonchev–Trinajstić information content (AvgIpc) is 3.16. The van der Waals surface area contributed by atoms with Gasteiger partial charge in [0, 0.05) is 24.7 Å². The monoisotopic (exact) mass is 361 g/mol. The standard InChI is InChI=1S/C17H19N3O4S/c1-22-13-5-4-12(10-14(13)23-2)16-20(8-9-25-16)15(21)11-24-17-18-6-3-7-19-17/h3-7,10,16H,8-9,11H2,1-2H3. The maximum atomic E-state index is 12.6. The molecular formula is C17H19N3O4S. The van der Waals surface area contributed by atoms with Crippen molar-refractivity contribution in [3.8, 4) is 17.5 Å². The minimum Gasteiger partial charge on any atom is -0.493 e. The van der Waals surface area contributed by atoms with E-state index < -0.39 is 0 Å². The Balaban J connectivity index is 1.70. The van der Waals surface area contributed by atoms with E-state index in [4.69, 9.17) is 14.2 Å². The highest BCUT2D eigenvalue weighted by atomic mass is 32.2. The SMILES string of the molecule is COc1ccc(C2SCCN2C(=O)COc2ncccn2)cc1OC. The van der Waals surface area contributed by atoms with Crippen LogP contribution in [0.25, 0.3) is 0 Å². The molecule has 1 aromatic carbocycles. The quantitative estimate of drug-likeness (QED) is 0.780. The summed E-state index contributed by atoms with van der Waals surface area (Å²) in [5, 5.41) is -0.0763. The van der Waals surface area contributed by atoms with Gasteiger partial charge in [-0.3, -0.25) is 4.79 Å². The van der Waals surface area contributed by atoms with Crippen LogP contribution in [0.15, 0.2) is 36.7 Å². The molecule has 0 N–H and O–H groups in total. The molecule has 0 radical (unpaired) electrons. The molecule has 0 spiro atoms. The Morgan fingerprint density at radius 1 is 1.24 bits per heavy atom. The molecule has 7 nitrogen and oxygen atoms in total. The normalized spacial score (nSPS) is 16.6. The van der Waals surface area contributed by atoms with Gasteiger partial charge in [-0.2, -0.15) is 0 Å². The maximum Gasteiger partial charge on any atom is 0.316 e. The summed E-state index contributed by atoms with van der Waals surface area (Å²) >= 11 is 1.71. The number of thioether (sulfide) groups is 1. The fraction of sp³-hybridized carbons (Fsp3) is 0.353. The third-order valence-electron chi connectivity index (χ3n) is 3.77. The van der Waals surface area contributed by atoms with Crippen molar-refractivity contribution in [2.24, 2.45) is 0 Å². The van der Waals surface area contributed by atoms with Gasteiger partial charge in [-0.25, -0.2) is 9.97 Å². The molecule has 8 heteroatoms. The van der Waals surface area contributed by atoms with Gasteiger partial charge in [-0.05, 0) is 23.8 Å². The van der Waals surface area contributed by atoms with Crippen LogP contribution in [0.2, 0.25) is 0 Å². The maximum absolute atomic E-state index is 12.6. The van der Waals surface area contributed by atoms with Crippen molar-refractivity contribution in [3.05, 3.63) is 42.2 Å². The van der Waals surface area contributed by atoms with Crippen LogP contribution in [0.1, 0.15) is 10.9 Å². The van der Waals surface area contributed by atoms with E-state index >= 15 is 0 Å². The lowest BCUT2D eigenvalue weighted by Gasteiger charge is -2.24. The van der Waals surface area contributed by atoms with E-state index in [9.17, 15) is 4.79 Å². The summed E-state index contributed by atoms with van der Waals surface area (Å²) in [5.41, 5.74) is 0.990. The lowest BCUT2D eigenvalue weighted by atomic mass is 10.2. The number of rotatable bonds is 6. The molecule has 1 amide bonds. The van der Waals surface area contributed by atoms with Crippen LogP contribution in [0.4, 0.5) is 0 Å². The molecule has 0 aliphatic carbocycles. The number of benzene rings is 1. The molecule has 25 heavy (non-hydrogen) atoms. The Morgan fingerprint density at radius 2 is 2.00 bits per heavy atom. The van der Waals surface area contributed by atoms with E-state index in [2.05, 4.69) is 9.97 Å². The van der Waals surface area contributed by atoms with E-state index in [1.165, 1.54) is 0 Å².